The molecule has 152 valence electrons. The molecule has 1 atom stereocenters. The Morgan fingerprint density at radius 1 is 1.07 bits per heavy atom. The fourth-order valence-electron chi connectivity index (χ4n) is 3.23. The van der Waals surface area contributed by atoms with E-state index < -0.39 is 12.7 Å². The van der Waals surface area contributed by atoms with Crippen LogP contribution in [0.5, 0.6) is 0 Å². The highest BCUT2D eigenvalue weighted by Gasteiger charge is 2.34. The summed E-state index contributed by atoms with van der Waals surface area (Å²) >= 11 is 0. The predicted octanol–water partition coefficient (Wildman–Crippen LogP) is 4.09. The van der Waals surface area contributed by atoms with Crippen LogP contribution in [-0.4, -0.2) is 43.3 Å². The van der Waals surface area contributed by atoms with Gasteiger partial charge < -0.3 is 10.6 Å². The Kier molecular flexibility index (Phi) is 6.78. The van der Waals surface area contributed by atoms with Crippen LogP contribution < -0.4 is 10.6 Å². The van der Waals surface area contributed by atoms with Crippen LogP contribution in [0.1, 0.15) is 17.5 Å². The van der Waals surface area contributed by atoms with Gasteiger partial charge in [-0.05, 0) is 49.2 Å². The average molecular weight is 401 g/mol. The molecule has 0 bridgehead atoms. The van der Waals surface area contributed by atoms with Crippen molar-refractivity contribution in [1.82, 2.24) is 10.2 Å². The van der Waals surface area contributed by atoms with Crippen LogP contribution in [0.3, 0.4) is 0 Å². The van der Waals surface area contributed by atoms with E-state index >= 15 is 0 Å². The summed E-state index contributed by atoms with van der Waals surface area (Å²) in [6.45, 7) is 0.181. The van der Waals surface area contributed by atoms with E-state index in [0.29, 0.717) is 31.7 Å². The molecular weight excluding hydrogens is 379 g/mol. The van der Waals surface area contributed by atoms with Crippen molar-refractivity contribution in [2.75, 3.05) is 31.5 Å². The summed E-state index contributed by atoms with van der Waals surface area (Å²) in [6, 6.07) is 16.4. The summed E-state index contributed by atoms with van der Waals surface area (Å²) < 4.78 is 37.3. The lowest BCUT2D eigenvalue weighted by molar-refractivity contribution is -0.143. The highest BCUT2D eigenvalue weighted by atomic mass is 19.4. The zero-order valence-corrected chi connectivity index (χ0v) is 15.8. The van der Waals surface area contributed by atoms with Gasteiger partial charge in [0, 0.05) is 29.9 Å². The molecule has 0 saturated carbocycles. The fourth-order valence-corrected chi connectivity index (χ4v) is 3.23. The van der Waals surface area contributed by atoms with E-state index in [2.05, 4.69) is 22.5 Å². The summed E-state index contributed by atoms with van der Waals surface area (Å²) in [5.74, 6) is 6.14. The van der Waals surface area contributed by atoms with Crippen LogP contribution in [0.2, 0.25) is 0 Å². The van der Waals surface area contributed by atoms with Crippen LogP contribution in [0, 0.1) is 17.8 Å². The number of rotatable bonds is 4. The zero-order chi connectivity index (χ0) is 20.7. The van der Waals surface area contributed by atoms with Gasteiger partial charge in [0.25, 0.3) is 0 Å². The van der Waals surface area contributed by atoms with Gasteiger partial charge in [-0.1, -0.05) is 36.1 Å². The number of anilines is 1. The van der Waals surface area contributed by atoms with Gasteiger partial charge in [-0.2, -0.15) is 13.2 Å². The van der Waals surface area contributed by atoms with Gasteiger partial charge in [0.1, 0.15) is 0 Å². The Labute approximate surface area is 168 Å². The SMILES string of the molecule is O=C(NCC1CCN(CC(F)(F)F)C1)Nc1cccc(C#Cc2ccccc2)c1. The van der Waals surface area contributed by atoms with Crippen LogP contribution in [0.25, 0.3) is 0 Å². The Morgan fingerprint density at radius 2 is 1.79 bits per heavy atom. The molecule has 4 nitrogen and oxygen atoms in total. The van der Waals surface area contributed by atoms with Crippen molar-refractivity contribution in [1.29, 1.82) is 0 Å². The van der Waals surface area contributed by atoms with Crippen molar-refractivity contribution < 1.29 is 18.0 Å². The lowest BCUT2D eigenvalue weighted by Crippen LogP contribution is -2.36. The molecule has 29 heavy (non-hydrogen) atoms. The van der Waals surface area contributed by atoms with Gasteiger partial charge in [0.15, 0.2) is 0 Å². The van der Waals surface area contributed by atoms with Crippen molar-refractivity contribution in [2.24, 2.45) is 5.92 Å². The first-order valence-electron chi connectivity index (χ1n) is 9.38. The number of nitrogens with one attached hydrogen (secondary N) is 2. The highest BCUT2D eigenvalue weighted by Crippen LogP contribution is 2.22. The monoisotopic (exact) mass is 401 g/mol. The van der Waals surface area contributed by atoms with Crippen LogP contribution in [0.15, 0.2) is 54.6 Å². The molecule has 7 heteroatoms. The summed E-state index contributed by atoms with van der Waals surface area (Å²) in [4.78, 5) is 13.5. The number of carbonyl (C=O) groups excluding carboxylic acids is 1. The van der Waals surface area contributed by atoms with E-state index in [0.717, 1.165) is 11.1 Å². The standard InChI is InChI=1S/C22H22F3N3O/c23-22(24,25)16-28-12-11-19(15-28)14-26-21(29)27-20-8-4-7-18(13-20)10-9-17-5-2-1-3-6-17/h1-8,13,19H,11-12,14-16H2,(H2,26,27,29). The molecule has 2 aromatic rings. The van der Waals surface area contributed by atoms with E-state index in [9.17, 15) is 18.0 Å². The quantitative estimate of drug-likeness (QED) is 0.758. The lowest BCUT2D eigenvalue weighted by atomic mass is 10.1. The second-order valence-electron chi connectivity index (χ2n) is 7.04. The zero-order valence-electron chi connectivity index (χ0n) is 15.8. The molecule has 0 spiro atoms. The van der Waals surface area contributed by atoms with E-state index in [1.807, 2.05) is 36.4 Å². The number of hydrogen-bond acceptors (Lipinski definition) is 2. The number of halogens is 3. The van der Waals surface area contributed by atoms with Crippen molar-refractivity contribution in [2.45, 2.75) is 12.6 Å². The molecule has 0 aromatic heterocycles. The lowest BCUT2D eigenvalue weighted by Gasteiger charge is -2.18. The molecule has 2 amide bonds. The van der Waals surface area contributed by atoms with Gasteiger partial charge in [-0.15, -0.1) is 0 Å². The van der Waals surface area contributed by atoms with E-state index in [1.165, 1.54) is 4.90 Å². The number of urea groups is 1. The van der Waals surface area contributed by atoms with Gasteiger partial charge >= 0.3 is 12.2 Å². The second kappa shape index (κ2) is 9.48. The maximum absolute atomic E-state index is 12.4. The number of likely N-dealkylation sites (tertiary alicyclic amines) is 1. The van der Waals surface area contributed by atoms with Gasteiger partial charge in [0.05, 0.1) is 6.54 Å². The molecule has 0 radical (unpaired) electrons. The average Bonchev–Trinajstić information content (AvgIpc) is 3.11. The molecule has 2 N–H and O–H groups in total. The van der Waals surface area contributed by atoms with Crippen molar-refractivity contribution in [3.05, 3.63) is 65.7 Å². The van der Waals surface area contributed by atoms with Crippen molar-refractivity contribution in [3.63, 3.8) is 0 Å². The minimum atomic E-state index is -4.19. The molecule has 3 rings (SSSR count). The number of nitrogens with zero attached hydrogens (tertiary/aromatic N) is 1. The molecule has 1 aliphatic rings. The van der Waals surface area contributed by atoms with E-state index in [1.54, 1.807) is 18.2 Å². The van der Waals surface area contributed by atoms with Gasteiger partial charge in [-0.3, -0.25) is 4.90 Å². The topological polar surface area (TPSA) is 44.4 Å². The Bertz CT molecular complexity index is 887. The number of amides is 2. The third-order valence-corrected chi connectivity index (χ3v) is 4.57. The Balaban J connectivity index is 1.47. The second-order valence-corrected chi connectivity index (χ2v) is 7.04. The summed E-state index contributed by atoms with van der Waals surface area (Å²) in [5, 5.41) is 5.48. The number of alkyl halides is 3. The third kappa shape index (κ3) is 7.16. The van der Waals surface area contributed by atoms with Gasteiger partial charge in [0.2, 0.25) is 0 Å². The molecule has 1 heterocycles. The summed E-state index contributed by atoms with van der Waals surface area (Å²) in [5.41, 5.74) is 2.28. The smallest absolute Gasteiger partial charge is 0.338 e. The summed E-state index contributed by atoms with van der Waals surface area (Å²) in [6.07, 6.45) is -3.55. The molecule has 1 fully saturated rings. The third-order valence-electron chi connectivity index (χ3n) is 4.57. The first-order chi connectivity index (χ1) is 13.9. The molecule has 1 unspecified atom stereocenters. The van der Waals surface area contributed by atoms with Crippen LogP contribution in [0.4, 0.5) is 23.7 Å². The molecule has 1 aliphatic heterocycles. The fraction of sp³-hybridized carbons (Fsp3) is 0.318. The molecular formula is C22H22F3N3O. The number of hydrogen-bond donors (Lipinski definition) is 2. The van der Waals surface area contributed by atoms with E-state index in [-0.39, 0.29) is 11.9 Å². The Hall–Kier alpha value is -2.98. The normalized spacial score (nSPS) is 16.7. The van der Waals surface area contributed by atoms with E-state index in [4.69, 9.17) is 0 Å². The van der Waals surface area contributed by atoms with Crippen LogP contribution in [-0.2, 0) is 0 Å². The predicted molar refractivity (Wildman–Crippen MR) is 106 cm³/mol. The largest absolute Gasteiger partial charge is 0.401 e. The molecule has 2 aromatic carbocycles. The number of carbonyl (C=O) groups is 1. The number of benzene rings is 2. The highest BCUT2D eigenvalue weighted by molar-refractivity contribution is 5.89. The first-order valence-corrected chi connectivity index (χ1v) is 9.38. The molecule has 0 aliphatic carbocycles. The Morgan fingerprint density at radius 3 is 2.55 bits per heavy atom. The van der Waals surface area contributed by atoms with Crippen molar-refractivity contribution in [3.8, 4) is 11.8 Å². The maximum Gasteiger partial charge on any atom is 0.401 e. The van der Waals surface area contributed by atoms with Crippen molar-refractivity contribution >= 4 is 11.7 Å². The first kappa shape index (κ1) is 20.7. The summed E-state index contributed by atoms with van der Waals surface area (Å²) in [7, 11) is 0. The van der Waals surface area contributed by atoms with Crippen LogP contribution >= 0.6 is 0 Å². The van der Waals surface area contributed by atoms with Gasteiger partial charge in [-0.25, -0.2) is 4.79 Å². The minimum Gasteiger partial charge on any atom is -0.338 e. The minimum absolute atomic E-state index is 0.0196. The maximum atomic E-state index is 12.4. The molecule has 1 saturated heterocycles.